The van der Waals surface area contributed by atoms with Gasteiger partial charge in [0.15, 0.2) is 12.1 Å². The smallest absolute Gasteiger partial charge is 0.311 e. The maximum atomic E-state index is 13.3. The first-order valence-electron chi connectivity index (χ1n) is 14.2. The van der Waals surface area contributed by atoms with Crippen molar-refractivity contribution < 1.29 is 38.7 Å². The lowest BCUT2D eigenvalue weighted by Crippen LogP contribution is -2.59. The Hall–Kier alpha value is -1.07. The first-order chi connectivity index (χ1) is 17.6. The van der Waals surface area contributed by atoms with E-state index >= 15 is 0 Å². The van der Waals surface area contributed by atoms with Gasteiger partial charge in [-0.25, -0.2) is 0 Å². The predicted molar refractivity (Wildman–Crippen MR) is 141 cm³/mol. The van der Waals surface area contributed by atoms with Crippen molar-refractivity contribution in [3.63, 3.8) is 0 Å². The van der Waals surface area contributed by atoms with E-state index in [4.69, 9.17) is 23.7 Å². The number of ether oxygens (including phenoxy) is 5. The third-order valence-corrected chi connectivity index (χ3v) is 9.50. The monoisotopic (exact) mass is 539 g/mol. The second kappa shape index (κ2) is 10.4. The number of hydrogen-bond donors (Lipinski definition) is 2. The summed E-state index contributed by atoms with van der Waals surface area (Å²) in [5.41, 5.74) is -0.848. The zero-order valence-electron chi connectivity index (χ0n) is 24.8. The number of nitrogens with zero attached hydrogens (tertiary/aromatic N) is 1. The molecule has 3 bridgehead atoms. The highest BCUT2D eigenvalue weighted by Crippen LogP contribution is 2.56. The molecule has 13 atom stereocenters. The first kappa shape index (κ1) is 29.9. The van der Waals surface area contributed by atoms with Crippen LogP contribution in [-0.2, 0) is 28.5 Å². The molecule has 218 valence electrons. The molecule has 0 saturated carbocycles. The molecule has 0 aromatic heterocycles. The molecule has 1 unspecified atom stereocenters. The quantitative estimate of drug-likeness (QED) is 0.412. The van der Waals surface area contributed by atoms with Crippen LogP contribution >= 0.6 is 0 Å². The third kappa shape index (κ3) is 4.86. The molecular weight excluding hydrogens is 490 g/mol. The van der Waals surface area contributed by atoms with Crippen molar-refractivity contribution in [2.24, 2.45) is 17.8 Å². The fourth-order valence-corrected chi connectivity index (χ4v) is 7.37. The highest BCUT2D eigenvalue weighted by molar-refractivity contribution is 5.73. The molecule has 4 rings (SSSR count). The number of carbonyl (C=O) groups is 1. The summed E-state index contributed by atoms with van der Waals surface area (Å²) in [7, 11) is 3.86. The summed E-state index contributed by atoms with van der Waals surface area (Å²) in [6.45, 7) is 15.5. The Balaban J connectivity index is 1.77. The van der Waals surface area contributed by atoms with Crippen LogP contribution in [0.3, 0.4) is 0 Å². The van der Waals surface area contributed by atoms with E-state index in [1.807, 2.05) is 66.6 Å². The van der Waals surface area contributed by atoms with Gasteiger partial charge >= 0.3 is 5.97 Å². The van der Waals surface area contributed by atoms with Crippen LogP contribution < -0.4 is 0 Å². The molecular formula is C29H49NO8. The number of esters is 1. The largest absolute Gasteiger partial charge is 0.459 e. The van der Waals surface area contributed by atoms with Gasteiger partial charge in [-0.2, -0.15) is 0 Å². The van der Waals surface area contributed by atoms with Crippen molar-refractivity contribution in [2.45, 2.75) is 134 Å². The number of fused-ring (bicyclic) bond motifs is 2. The van der Waals surface area contributed by atoms with Crippen molar-refractivity contribution in [1.29, 1.82) is 0 Å². The van der Waals surface area contributed by atoms with Crippen LogP contribution in [0, 0.1) is 17.8 Å². The van der Waals surface area contributed by atoms with Gasteiger partial charge in [-0.05, 0) is 79.6 Å². The Morgan fingerprint density at radius 3 is 2.37 bits per heavy atom. The molecule has 9 nitrogen and oxygen atoms in total. The van der Waals surface area contributed by atoms with Gasteiger partial charge in [-0.3, -0.25) is 4.79 Å². The van der Waals surface area contributed by atoms with Crippen LogP contribution in [0.5, 0.6) is 0 Å². The molecule has 38 heavy (non-hydrogen) atoms. The Bertz CT molecular complexity index is 926. The molecule has 0 amide bonds. The predicted octanol–water partition coefficient (Wildman–Crippen LogP) is 3.01. The van der Waals surface area contributed by atoms with Crippen molar-refractivity contribution >= 4 is 5.97 Å². The van der Waals surface area contributed by atoms with Gasteiger partial charge in [0.2, 0.25) is 0 Å². The lowest BCUT2D eigenvalue weighted by Gasteiger charge is -2.47. The van der Waals surface area contributed by atoms with E-state index in [1.54, 1.807) is 6.92 Å². The maximum Gasteiger partial charge on any atom is 0.311 e. The van der Waals surface area contributed by atoms with Gasteiger partial charge in [0.05, 0.1) is 29.8 Å². The minimum Gasteiger partial charge on any atom is -0.459 e. The minimum atomic E-state index is -1.07. The van der Waals surface area contributed by atoms with Crippen LogP contribution in [-0.4, -0.2) is 95.0 Å². The normalized spacial score (nSPS) is 51.8. The zero-order valence-corrected chi connectivity index (χ0v) is 24.8. The van der Waals surface area contributed by atoms with Gasteiger partial charge in [0.25, 0.3) is 0 Å². The topological polar surface area (TPSA) is 107 Å². The number of likely N-dealkylation sites (N-methyl/N-ethyl adjacent to an activating group) is 1. The van der Waals surface area contributed by atoms with Gasteiger partial charge in [0, 0.05) is 17.9 Å². The number of hydrogen-bond acceptors (Lipinski definition) is 9. The van der Waals surface area contributed by atoms with Crippen molar-refractivity contribution in [2.75, 3.05) is 14.1 Å². The number of cyclic esters (lactones) is 1. The second-order valence-corrected chi connectivity index (χ2v) is 12.9. The van der Waals surface area contributed by atoms with Gasteiger partial charge < -0.3 is 38.8 Å². The average molecular weight is 540 g/mol. The zero-order chi connectivity index (χ0) is 28.4. The molecule has 2 N–H and O–H groups in total. The van der Waals surface area contributed by atoms with Crippen LogP contribution in [0.4, 0.5) is 0 Å². The molecule has 0 aromatic rings. The van der Waals surface area contributed by atoms with Crippen molar-refractivity contribution in [1.82, 2.24) is 4.90 Å². The minimum absolute atomic E-state index is 0.0435. The highest BCUT2D eigenvalue weighted by Gasteiger charge is 2.64. The molecule has 0 aliphatic carbocycles. The summed E-state index contributed by atoms with van der Waals surface area (Å²) in [6.07, 6.45) is -0.437. The Kier molecular flexibility index (Phi) is 8.18. The summed E-state index contributed by atoms with van der Waals surface area (Å²) in [4.78, 5) is 15.3. The standard InChI is InChI=1S/C29H49NO8/c1-11-21-27(7)13-15(2)29(37-27)16(3)14-28(8,38-29)24(18(5)22(31)19(6)25(33)35-21)36-26-23(32)20(30(9)10)12-17(4)34-26/h13,16-24,26,31-32H,11-12,14H2,1-10H3/t16-,17-,18+,19-,20+,21-,22+,23-,24-,26+,27-,28+,29?/m1/s1. The fourth-order valence-electron chi connectivity index (χ4n) is 7.37. The molecule has 4 heterocycles. The average Bonchev–Trinajstić information content (AvgIpc) is 3.25. The van der Waals surface area contributed by atoms with Gasteiger partial charge in [0.1, 0.15) is 17.8 Å². The molecule has 0 aromatic carbocycles. The third-order valence-electron chi connectivity index (χ3n) is 9.50. The summed E-state index contributed by atoms with van der Waals surface area (Å²) in [5, 5.41) is 22.7. The van der Waals surface area contributed by atoms with Crippen LogP contribution in [0.25, 0.3) is 0 Å². The van der Waals surface area contributed by atoms with E-state index < -0.39 is 65.5 Å². The summed E-state index contributed by atoms with van der Waals surface area (Å²) in [5.74, 6) is -2.90. The van der Waals surface area contributed by atoms with E-state index in [1.165, 1.54) is 0 Å². The highest BCUT2D eigenvalue weighted by atomic mass is 16.8. The summed E-state index contributed by atoms with van der Waals surface area (Å²) >= 11 is 0. The molecule has 4 aliphatic heterocycles. The molecule has 9 heteroatoms. The lowest BCUT2D eigenvalue weighted by atomic mass is 9.78. The molecule has 1 spiro atoms. The second-order valence-electron chi connectivity index (χ2n) is 12.9. The van der Waals surface area contributed by atoms with E-state index in [9.17, 15) is 15.0 Å². The summed E-state index contributed by atoms with van der Waals surface area (Å²) in [6, 6.07) is -0.151. The van der Waals surface area contributed by atoms with E-state index in [0.717, 1.165) is 5.57 Å². The Morgan fingerprint density at radius 2 is 1.76 bits per heavy atom. The number of carbonyl (C=O) groups excluding carboxylic acids is 1. The van der Waals surface area contributed by atoms with Gasteiger partial charge in [-0.1, -0.05) is 20.8 Å². The van der Waals surface area contributed by atoms with E-state index in [2.05, 4.69) is 6.92 Å². The van der Waals surface area contributed by atoms with E-state index in [0.29, 0.717) is 19.3 Å². The maximum absolute atomic E-state index is 13.3. The molecule has 0 radical (unpaired) electrons. The molecule has 3 fully saturated rings. The number of aliphatic hydroxyl groups excluding tert-OH is 2. The summed E-state index contributed by atoms with van der Waals surface area (Å²) < 4.78 is 32.4. The number of rotatable bonds is 4. The first-order valence-corrected chi connectivity index (χ1v) is 14.2. The van der Waals surface area contributed by atoms with Gasteiger partial charge in [-0.15, -0.1) is 0 Å². The Labute approximate surface area is 227 Å². The van der Waals surface area contributed by atoms with Crippen LogP contribution in [0.1, 0.15) is 74.7 Å². The fraction of sp³-hybridized carbons (Fsp3) is 0.897. The van der Waals surface area contributed by atoms with Crippen LogP contribution in [0.15, 0.2) is 11.6 Å². The molecule has 3 saturated heterocycles. The van der Waals surface area contributed by atoms with Crippen molar-refractivity contribution in [3.05, 3.63) is 11.6 Å². The Morgan fingerprint density at radius 1 is 1.11 bits per heavy atom. The SMILES string of the molecule is CC[C@H]1OC(=O)[C@H](C)[C@@H](O)[C@H](C)[C@@H](O[C@@H]2O[C@H](C)C[C@H](N(C)C)[C@H]2O)[C@]2(C)C[C@@H](C)C3(O[C@]1(C)C=C3C)O2. The lowest BCUT2D eigenvalue weighted by molar-refractivity contribution is -0.327. The number of aliphatic hydroxyl groups is 2. The van der Waals surface area contributed by atoms with Crippen LogP contribution in [0.2, 0.25) is 0 Å². The molecule has 4 aliphatic rings. The van der Waals surface area contributed by atoms with Crippen molar-refractivity contribution in [3.8, 4) is 0 Å². The van der Waals surface area contributed by atoms with E-state index in [-0.39, 0.29) is 18.1 Å².